The summed E-state index contributed by atoms with van der Waals surface area (Å²) in [4.78, 5) is 8.56. The van der Waals surface area contributed by atoms with Crippen molar-refractivity contribution in [1.82, 2.24) is 9.97 Å². The van der Waals surface area contributed by atoms with Crippen molar-refractivity contribution in [2.75, 3.05) is 0 Å². The van der Waals surface area contributed by atoms with E-state index in [-0.39, 0.29) is 6.04 Å². The molecule has 1 unspecified atom stereocenters. The van der Waals surface area contributed by atoms with Gasteiger partial charge in [-0.25, -0.2) is 9.97 Å². The molecule has 3 nitrogen and oxygen atoms in total. The minimum Gasteiger partial charge on any atom is -0.324 e. The van der Waals surface area contributed by atoms with E-state index in [1.165, 1.54) is 0 Å². The Labute approximate surface area is 95.4 Å². The van der Waals surface area contributed by atoms with E-state index in [0.29, 0.717) is 6.42 Å². The van der Waals surface area contributed by atoms with Crippen LogP contribution in [0, 0.1) is 6.92 Å². The van der Waals surface area contributed by atoms with Crippen LogP contribution in [0.25, 0.3) is 0 Å². The third-order valence-electron chi connectivity index (χ3n) is 2.47. The monoisotopic (exact) mass is 213 g/mol. The molecule has 0 fully saturated rings. The molecule has 0 saturated heterocycles. The van der Waals surface area contributed by atoms with Gasteiger partial charge in [0.1, 0.15) is 5.82 Å². The lowest BCUT2D eigenvalue weighted by molar-refractivity contribution is 0.684. The van der Waals surface area contributed by atoms with Crippen LogP contribution in [0.2, 0.25) is 0 Å². The molecular weight excluding hydrogens is 198 g/mol. The van der Waals surface area contributed by atoms with Crippen molar-refractivity contribution < 1.29 is 0 Å². The zero-order chi connectivity index (χ0) is 11.4. The largest absolute Gasteiger partial charge is 0.324 e. The minimum atomic E-state index is -0.0389. The van der Waals surface area contributed by atoms with Crippen LogP contribution >= 0.6 is 0 Å². The van der Waals surface area contributed by atoms with E-state index in [2.05, 4.69) is 9.97 Å². The molecule has 1 heterocycles. The molecule has 1 aromatic carbocycles. The summed E-state index contributed by atoms with van der Waals surface area (Å²) in [5.74, 6) is 0.802. The van der Waals surface area contributed by atoms with Crippen molar-refractivity contribution in [3.8, 4) is 0 Å². The lowest BCUT2D eigenvalue weighted by Gasteiger charge is -2.10. The van der Waals surface area contributed by atoms with Crippen molar-refractivity contribution in [3.05, 3.63) is 59.7 Å². The third kappa shape index (κ3) is 2.64. The molecule has 0 amide bonds. The summed E-state index contributed by atoms with van der Waals surface area (Å²) in [6.07, 6.45) is 2.45. The Balaban J connectivity index is 2.11. The third-order valence-corrected chi connectivity index (χ3v) is 2.47. The van der Waals surface area contributed by atoms with Crippen LogP contribution in [-0.2, 0) is 6.42 Å². The fourth-order valence-electron chi connectivity index (χ4n) is 1.61. The lowest BCUT2D eigenvalue weighted by Crippen LogP contribution is -2.15. The first-order valence-corrected chi connectivity index (χ1v) is 5.35. The number of aromatic nitrogens is 2. The number of hydrogen-bond acceptors (Lipinski definition) is 3. The second-order valence-electron chi connectivity index (χ2n) is 3.84. The number of nitrogens with zero attached hydrogens (tertiary/aromatic N) is 2. The molecule has 0 bridgehead atoms. The molecule has 1 aromatic heterocycles. The van der Waals surface area contributed by atoms with Gasteiger partial charge in [0.15, 0.2) is 0 Å². The summed E-state index contributed by atoms with van der Waals surface area (Å²) in [5.41, 5.74) is 8.19. The van der Waals surface area contributed by atoms with E-state index >= 15 is 0 Å². The van der Waals surface area contributed by atoms with Crippen LogP contribution in [-0.4, -0.2) is 9.97 Å². The smallest absolute Gasteiger partial charge is 0.130 e. The Kier molecular flexibility index (Phi) is 3.27. The maximum absolute atomic E-state index is 6.10. The second kappa shape index (κ2) is 4.86. The molecule has 2 N–H and O–H groups in total. The van der Waals surface area contributed by atoms with E-state index in [0.717, 1.165) is 17.1 Å². The van der Waals surface area contributed by atoms with Gasteiger partial charge in [-0.05, 0) is 18.6 Å². The van der Waals surface area contributed by atoms with E-state index in [4.69, 9.17) is 5.73 Å². The van der Waals surface area contributed by atoms with Gasteiger partial charge in [-0.3, -0.25) is 0 Å². The summed E-state index contributed by atoms with van der Waals surface area (Å²) in [7, 11) is 0. The van der Waals surface area contributed by atoms with Gasteiger partial charge in [0.25, 0.3) is 0 Å². The molecular formula is C13H15N3. The number of nitrogens with two attached hydrogens (primary N) is 1. The molecule has 0 radical (unpaired) electrons. The molecule has 0 spiro atoms. The van der Waals surface area contributed by atoms with Crippen molar-refractivity contribution >= 4 is 0 Å². The maximum atomic E-state index is 6.10. The standard InChI is InChI=1S/C13H15N3/c1-10-7-8-15-13(16-10)9-12(14)11-5-3-2-4-6-11/h2-8,12H,9,14H2,1H3. The summed E-state index contributed by atoms with van der Waals surface area (Å²) in [5, 5.41) is 0. The summed E-state index contributed by atoms with van der Waals surface area (Å²) in [6.45, 7) is 1.96. The predicted molar refractivity (Wildman–Crippen MR) is 63.8 cm³/mol. The van der Waals surface area contributed by atoms with Crippen LogP contribution in [0.5, 0.6) is 0 Å². The van der Waals surface area contributed by atoms with Gasteiger partial charge in [0, 0.05) is 24.4 Å². The average molecular weight is 213 g/mol. The van der Waals surface area contributed by atoms with Gasteiger partial charge in [-0.1, -0.05) is 30.3 Å². The van der Waals surface area contributed by atoms with Crippen LogP contribution in [0.1, 0.15) is 23.1 Å². The van der Waals surface area contributed by atoms with Crippen molar-refractivity contribution in [1.29, 1.82) is 0 Å². The average Bonchev–Trinajstić information content (AvgIpc) is 2.30. The maximum Gasteiger partial charge on any atom is 0.130 e. The molecule has 0 aliphatic carbocycles. The summed E-state index contributed by atoms with van der Waals surface area (Å²) >= 11 is 0. The van der Waals surface area contributed by atoms with Gasteiger partial charge in [0.2, 0.25) is 0 Å². The number of benzene rings is 1. The number of aryl methyl sites for hydroxylation is 1. The van der Waals surface area contributed by atoms with Gasteiger partial charge in [-0.2, -0.15) is 0 Å². The highest BCUT2D eigenvalue weighted by Gasteiger charge is 2.08. The SMILES string of the molecule is Cc1ccnc(CC(N)c2ccccc2)n1. The Morgan fingerprint density at radius 1 is 1.19 bits per heavy atom. The van der Waals surface area contributed by atoms with Crippen molar-refractivity contribution in [2.45, 2.75) is 19.4 Å². The number of rotatable bonds is 3. The van der Waals surface area contributed by atoms with Crippen molar-refractivity contribution in [3.63, 3.8) is 0 Å². The van der Waals surface area contributed by atoms with Gasteiger partial charge in [-0.15, -0.1) is 0 Å². The topological polar surface area (TPSA) is 51.8 Å². The van der Waals surface area contributed by atoms with Crippen LogP contribution in [0.3, 0.4) is 0 Å². The Morgan fingerprint density at radius 2 is 1.94 bits per heavy atom. The fraction of sp³-hybridized carbons (Fsp3) is 0.231. The summed E-state index contributed by atoms with van der Waals surface area (Å²) in [6, 6.07) is 11.9. The molecule has 0 saturated carbocycles. The van der Waals surface area contributed by atoms with Crippen LogP contribution in [0.15, 0.2) is 42.6 Å². The zero-order valence-electron chi connectivity index (χ0n) is 9.30. The van der Waals surface area contributed by atoms with Crippen molar-refractivity contribution in [2.24, 2.45) is 5.73 Å². The Bertz CT molecular complexity index is 454. The highest BCUT2D eigenvalue weighted by Crippen LogP contribution is 2.13. The lowest BCUT2D eigenvalue weighted by atomic mass is 10.0. The van der Waals surface area contributed by atoms with Gasteiger partial charge < -0.3 is 5.73 Å². The highest BCUT2D eigenvalue weighted by atomic mass is 14.9. The first-order valence-electron chi connectivity index (χ1n) is 5.35. The number of hydrogen-bond donors (Lipinski definition) is 1. The predicted octanol–water partition coefficient (Wildman–Crippen LogP) is 2.03. The van der Waals surface area contributed by atoms with E-state index in [9.17, 15) is 0 Å². The van der Waals surface area contributed by atoms with E-state index in [1.54, 1.807) is 6.20 Å². The quantitative estimate of drug-likeness (QED) is 0.848. The second-order valence-corrected chi connectivity index (χ2v) is 3.84. The zero-order valence-corrected chi connectivity index (χ0v) is 9.30. The molecule has 1 atom stereocenters. The van der Waals surface area contributed by atoms with Crippen LogP contribution in [0.4, 0.5) is 0 Å². The Hall–Kier alpha value is -1.74. The molecule has 16 heavy (non-hydrogen) atoms. The van der Waals surface area contributed by atoms with E-state index < -0.39 is 0 Å². The molecule has 82 valence electrons. The normalized spacial score (nSPS) is 12.4. The van der Waals surface area contributed by atoms with Gasteiger partial charge >= 0.3 is 0 Å². The molecule has 0 aliphatic rings. The van der Waals surface area contributed by atoms with E-state index in [1.807, 2.05) is 43.3 Å². The first kappa shape index (κ1) is 10.8. The molecule has 3 heteroatoms. The minimum absolute atomic E-state index is 0.0389. The Morgan fingerprint density at radius 3 is 2.62 bits per heavy atom. The fourth-order valence-corrected chi connectivity index (χ4v) is 1.61. The first-order chi connectivity index (χ1) is 7.75. The molecule has 0 aliphatic heterocycles. The van der Waals surface area contributed by atoms with Gasteiger partial charge in [0.05, 0.1) is 0 Å². The van der Waals surface area contributed by atoms with Crippen LogP contribution < -0.4 is 5.73 Å². The highest BCUT2D eigenvalue weighted by molar-refractivity contribution is 5.19. The molecule has 2 rings (SSSR count). The summed E-state index contributed by atoms with van der Waals surface area (Å²) < 4.78 is 0. The molecule has 2 aromatic rings.